The summed E-state index contributed by atoms with van der Waals surface area (Å²) in [4.78, 5) is 4.30. The second-order valence-corrected chi connectivity index (χ2v) is 20.0. The lowest BCUT2D eigenvalue weighted by molar-refractivity contribution is 0.590. The third-order valence-corrected chi connectivity index (χ3v) is 13.7. The van der Waals surface area contributed by atoms with Crippen molar-refractivity contribution in [2.45, 2.75) is 52.4 Å². The summed E-state index contributed by atoms with van der Waals surface area (Å²) in [6, 6.07) is 58.9. The minimum atomic E-state index is -0.155. The highest BCUT2D eigenvalue weighted by Crippen LogP contribution is 2.50. The van der Waals surface area contributed by atoms with Crippen LogP contribution in [0.25, 0.3) is 93.2 Å². The molecule has 7 heteroatoms. The Morgan fingerprint density at radius 1 is 0.463 bits per heavy atom. The molecule has 0 aliphatic rings. The van der Waals surface area contributed by atoms with Gasteiger partial charge in [-0.25, -0.2) is 4.85 Å². The first-order chi connectivity index (χ1) is 32.2. The van der Waals surface area contributed by atoms with Crippen LogP contribution in [0, 0.1) is 40.6 Å². The van der Waals surface area contributed by atoms with Gasteiger partial charge in [-0.1, -0.05) is 133 Å². The summed E-state index contributed by atoms with van der Waals surface area (Å²) in [7, 11) is 0. The maximum absolute atomic E-state index is 11.9. The van der Waals surface area contributed by atoms with Gasteiger partial charge in [-0.3, -0.25) is 0 Å². The predicted molar refractivity (Wildman–Crippen MR) is 277 cm³/mol. The van der Waals surface area contributed by atoms with Crippen molar-refractivity contribution in [2.75, 3.05) is 0 Å². The fourth-order valence-electron chi connectivity index (χ4n) is 9.60. The summed E-state index contributed by atoms with van der Waals surface area (Å²) < 4.78 is 4.64. The van der Waals surface area contributed by atoms with Crippen molar-refractivity contribution in [3.8, 4) is 63.0 Å². The molecule has 67 heavy (non-hydrogen) atoms. The van der Waals surface area contributed by atoms with E-state index in [2.05, 4.69) is 187 Å². The zero-order valence-electron chi connectivity index (χ0n) is 38.0. The molecule has 0 fully saturated rings. The van der Waals surface area contributed by atoms with Gasteiger partial charge in [-0.15, -0.1) is 0 Å². The molecule has 2 heterocycles. The minimum Gasteiger partial charge on any atom is -0.318 e. The largest absolute Gasteiger partial charge is 0.318 e. The van der Waals surface area contributed by atoms with Crippen molar-refractivity contribution >= 4 is 65.2 Å². The van der Waals surface area contributed by atoms with Gasteiger partial charge in [0.05, 0.1) is 56.7 Å². The average molecular weight is 928 g/mol. The molecule has 0 saturated carbocycles. The molecule has 0 amide bonds. The number of hydrogen-bond donors (Lipinski definition) is 0. The van der Waals surface area contributed by atoms with Gasteiger partial charge in [0.1, 0.15) is 18.2 Å². The van der Waals surface area contributed by atoms with E-state index in [0.29, 0.717) is 32.5 Å². The number of halogens is 1. The molecule has 6 nitrogen and oxygen atoms in total. The number of nitriles is 3. The molecule has 0 atom stereocenters. The van der Waals surface area contributed by atoms with Gasteiger partial charge in [0, 0.05) is 31.6 Å². The number of fused-ring (bicyclic) bond motifs is 6. The fraction of sp³-hybridized carbons (Fsp3) is 0.133. The molecule has 2 aromatic heterocycles. The fourth-order valence-corrected chi connectivity index (χ4v) is 10.1. The van der Waals surface area contributed by atoms with Crippen LogP contribution in [-0.2, 0) is 10.8 Å². The summed E-state index contributed by atoms with van der Waals surface area (Å²) in [5.41, 5.74) is 12.1. The number of aromatic nitrogens is 2. The van der Waals surface area contributed by atoms with E-state index in [1.807, 2.05) is 36.4 Å². The highest BCUT2D eigenvalue weighted by molar-refractivity contribution is 9.10. The van der Waals surface area contributed by atoms with Crippen molar-refractivity contribution in [3.05, 3.63) is 195 Å². The Morgan fingerprint density at radius 3 is 1.31 bits per heavy atom. The van der Waals surface area contributed by atoms with Crippen LogP contribution in [0.5, 0.6) is 0 Å². The van der Waals surface area contributed by atoms with Gasteiger partial charge in [0.2, 0.25) is 5.69 Å². The van der Waals surface area contributed by atoms with Crippen molar-refractivity contribution in [1.82, 2.24) is 9.13 Å². The Bertz CT molecular complexity index is 3700. The lowest BCUT2D eigenvalue weighted by Crippen LogP contribution is -2.11. The Balaban J connectivity index is 1.42. The van der Waals surface area contributed by atoms with E-state index in [9.17, 15) is 15.8 Å². The van der Waals surface area contributed by atoms with Gasteiger partial charge in [0.25, 0.3) is 0 Å². The van der Waals surface area contributed by atoms with E-state index in [1.54, 1.807) is 18.2 Å². The maximum atomic E-state index is 11.9. The SMILES string of the molecule is [C-]#[N+]c1c(-c2ccc(C#N)c(Br)c2)c(C#N)c(-n2c3ccc(C(C)(C)C)cc3c3cc(C(C)(C)C)ccc32)c(C#N)c1-n1c2ccc(-c3ccccc3)cc2c2cc(-c3ccccc3)ccc21. The Kier molecular flexibility index (Phi) is 10.2. The summed E-state index contributed by atoms with van der Waals surface area (Å²) in [5.74, 6) is 0. The topological polar surface area (TPSA) is 85.6 Å². The van der Waals surface area contributed by atoms with Gasteiger partial charge in [-0.2, -0.15) is 15.8 Å². The second kappa shape index (κ2) is 16.0. The van der Waals surface area contributed by atoms with Crippen LogP contribution in [0.2, 0.25) is 0 Å². The molecule has 10 aromatic rings. The van der Waals surface area contributed by atoms with Gasteiger partial charge in [0.15, 0.2) is 0 Å². The molecule has 0 aliphatic carbocycles. The zero-order valence-corrected chi connectivity index (χ0v) is 39.6. The Hall–Kier alpha value is -8.20. The third-order valence-electron chi connectivity index (χ3n) is 13.1. The van der Waals surface area contributed by atoms with Crippen LogP contribution in [0.1, 0.15) is 69.4 Å². The zero-order chi connectivity index (χ0) is 46.9. The molecule has 8 aromatic carbocycles. The van der Waals surface area contributed by atoms with Crippen molar-refractivity contribution in [1.29, 1.82) is 15.8 Å². The third kappa shape index (κ3) is 6.96. The number of benzene rings is 8. The number of nitrogens with zero attached hydrogens (tertiary/aromatic N) is 6. The van der Waals surface area contributed by atoms with E-state index in [-0.39, 0.29) is 27.6 Å². The average Bonchev–Trinajstić information content (AvgIpc) is 3.83. The normalized spacial score (nSPS) is 11.7. The van der Waals surface area contributed by atoms with E-state index < -0.39 is 0 Å². The van der Waals surface area contributed by atoms with Crippen LogP contribution >= 0.6 is 15.9 Å². The number of rotatable bonds is 5. The van der Waals surface area contributed by atoms with Crippen LogP contribution in [0.4, 0.5) is 5.69 Å². The van der Waals surface area contributed by atoms with Gasteiger partial charge >= 0.3 is 0 Å². The minimum absolute atomic E-state index is 0.150. The van der Waals surface area contributed by atoms with Gasteiger partial charge < -0.3 is 9.13 Å². The molecule has 0 unspecified atom stereocenters. The quantitative estimate of drug-likeness (QED) is 0.161. The predicted octanol–water partition coefficient (Wildman–Crippen LogP) is 16.4. The molecule has 0 spiro atoms. The van der Waals surface area contributed by atoms with Crippen LogP contribution in [0.3, 0.4) is 0 Å². The molecule has 0 saturated heterocycles. The molecule has 10 rings (SSSR count). The lowest BCUT2D eigenvalue weighted by Gasteiger charge is -2.23. The second-order valence-electron chi connectivity index (χ2n) is 19.1. The summed E-state index contributed by atoms with van der Waals surface area (Å²) in [5, 5.41) is 37.3. The van der Waals surface area contributed by atoms with Crippen LogP contribution in [-0.4, -0.2) is 9.13 Å². The molecule has 0 N–H and O–H groups in total. The maximum Gasteiger partial charge on any atom is 0.221 e. The smallest absolute Gasteiger partial charge is 0.221 e. The van der Waals surface area contributed by atoms with Crippen LogP contribution < -0.4 is 0 Å². The summed E-state index contributed by atoms with van der Waals surface area (Å²) in [6.45, 7) is 22.2. The van der Waals surface area contributed by atoms with Gasteiger partial charge in [-0.05, 0) is 126 Å². The van der Waals surface area contributed by atoms with Crippen molar-refractivity contribution in [3.63, 3.8) is 0 Å². The van der Waals surface area contributed by atoms with E-state index in [1.165, 1.54) is 0 Å². The molecule has 0 radical (unpaired) electrons. The van der Waals surface area contributed by atoms with E-state index in [4.69, 9.17) is 6.57 Å². The standard InChI is InChI=1S/C60H43BrN6/c1-59(2,3)42-22-26-53-46(31-42)47-32-43(60(4,5)6)23-27-54(47)66(53)57-48(34-63)55(40-18-19-41(33-62)50(61)30-40)56(65-7)58(49(57)35-64)67-51-24-20-38(36-14-10-8-11-15-36)28-44(51)45-29-39(21-25-52(45)67)37-16-12-9-13-17-37/h8-32H,1-6H3. The summed E-state index contributed by atoms with van der Waals surface area (Å²) >= 11 is 3.62. The number of hydrogen-bond acceptors (Lipinski definition) is 3. The van der Waals surface area contributed by atoms with E-state index >= 15 is 0 Å². The first-order valence-electron chi connectivity index (χ1n) is 22.2. The highest BCUT2D eigenvalue weighted by atomic mass is 79.9. The van der Waals surface area contributed by atoms with Crippen LogP contribution in [0.15, 0.2) is 156 Å². The molecule has 0 bridgehead atoms. The molecule has 320 valence electrons. The Morgan fingerprint density at radius 2 is 0.896 bits per heavy atom. The molecular formula is C60H43BrN6. The van der Waals surface area contributed by atoms with E-state index in [0.717, 1.165) is 77.0 Å². The first kappa shape index (κ1) is 42.7. The lowest BCUT2D eigenvalue weighted by atomic mass is 9.85. The monoisotopic (exact) mass is 926 g/mol. The first-order valence-corrected chi connectivity index (χ1v) is 23.0. The molecule has 0 aliphatic heterocycles. The summed E-state index contributed by atoms with van der Waals surface area (Å²) in [6.07, 6.45) is 0. The molecular weight excluding hydrogens is 885 g/mol. The highest BCUT2D eigenvalue weighted by Gasteiger charge is 2.32. The Labute approximate surface area is 398 Å². The van der Waals surface area contributed by atoms with Crippen molar-refractivity contribution < 1.29 is 0 Å². The van der Waals surface area contributed by atoms with Crippen molar-refractivity contribution in [2.24, 2.45) is 0 Å².